The van der Waals surface area contributed by atoms with Gasteiger partial charge in [0.15, 0.2) is 0 Å². The molecule has 1 aromatic carbocycles. The van der Waals surface area contributed by atoms with E-state index in [1.165, 1.54) is 18.2 Å². The quantitative estimate of drug-likeness (QED) is 0.416. The van der Waals surface area contributed by atoms with E-state index >= 15 is 0 Å². The lowest BCUT2D eigenvalue weighted by atomic mass is 10.0. The standard InChI is InChI=1S/C14H15FN4O.C6H11N3O/c1-18-5-6-19-11(8-18)12(14(16)20)13(17-19)9-3-2-4-10(15)7-9;1-5(7)2-3-6(8)9-4-10/h2-4,7H,5-6,8H2,1H3,(H2,16,20);2-4H,7-8H2,1H3,(H,9,10)/b;5-2-,6-3+. The molecule has 2 amide bonds. The second-order valence-corrected chi connectivity index (χ2v) is 6.80. The number of nitrogens with two attached hydrogens (primary N) is 3. The summed E-state index contributed by atoms with van der Waals surface area (Å²) >= 11 is 0. The molecule has 0 atom stereocenters. The van der Waals surface area contributed by atoms with Crippen molar-refractivity contribution in [2.45, 2.75) is 20.0 Å². The number of primary amides is 1. The smallest absolute Gasteiger partial charge is 0.252 e. The molecule has 0 saturated heterocycles. The Morgan fingerprint density at radius 2 is 1.97 bits per heavy atom. The van der Waals surface area contributed by atoms with Gasteiger partial charge in [0.05, 0.1) is 17.8 Å². The topological polar surface area (TPSA) is 145 Å². The first-order valence-electron chi connectivity index (χ1n) is 9.16. The number of hydrogen-bond donors (Lipinski definition) is 4. The number of amides is 2. The third kappa shape index (κ3) is 5.92. The number of hydrogen-bond acceptors (Lipinski definition) is 6. The lowest BCUT2D eigenvalue weighted by Crippen LogP contribution is -2.32. The molecule has 2 aromatic rings. The summed E-state index contributed by atoms with van der Waals surface area (Å²) in [5.41, 5.74) is 18.9. The number of benzene rings is 1. The number of halogens is 1. The van der Waals surface area contributed by atoms with Gasteiger partial charge in [0.1, 0.15) is 17.3 Å². The fourth-order valence-corrected chi connectivity index (χ4v) is 2.88. The molecule has 0 unspecified atom stereocenters. The minimum atomic E-state index is -0.527. The molecule has 9 nitrogen and oxygen atoms in total. The lowest BCUT2D eigenvalue weighted by Gasteiger charge is -2.23. The first kappa shape index (κ1) is 22.6. The normalized spacial score (nSPS) is 14.4. The van der Waals surface area contributed by atoms with Gasteiger partial charge in [0.2, 0.25) is 6.41 Å². The molecular weight excluding hydrogens is 389 g/mol. The number of aromatic nitrogens is 2. The van der Waals surface area contributed by atoms with E-state index in [1.54, 1.807) is 29.8 Å². The average Bonchev–Trinajstić information content (AvgIpc) is 3.06. The summed E-state index contributed by atoms with van der Waals surface area (Å²) in [6.07, 6.45) is 3.63. The van der Waals surface area contributed by atoms with Gasteiger partial charge in [-0.2, -0.15) is 5.10 Å². The van der Waals surface area contributed by atoms with Crippen LogP contribution in [0.3, 0.4) is 0 Å². The molecule has 0 spiro atoms. The second kappa shape index (κ2) is 10.2. The predicted octanol–water partition coefficient (Wildman–Crippen LogP) is 0.629. The molecule has 3 rings (SSSR count). The molecule has 10 heteroatoms. The highest BCUT2D eigenvalue weighted by molar-refractivity contribution is 6.00. The molecule has 2 heterocycles. The van der Waals surface area contributed by atoms with Crippen LogP contribution >= 0.6 is 0 Å². The Balaban J connectivity index is 0.000000274. The molecule has 7 N–H and O–H groups in total. The number of allylic oxidation sites excluding steroid dienone is 3. The number of likely N-dealkylation sites (N-methyl/N-ethyl adjacent to an activating group) is 1. The summed E-state index contributed by atoms with van der Waals surface area (Å²) < 4.78 is 15.2. The molecule has 0 bridgehead atoms. The minimum absolute atomic E-state index is 0.278. The zero-order chi connectivity index (χ0) is 22.3. The Hall–Kier alpha value is -3.66. The molecule has 0 saturated carbocycles. The van der Waals surface area contributed by atoms with Crippen LogP contribution in [0.2, 0.25) is 0 Å². The summed E-state index contributed by atoms with van der Waals surface area (Å²) in [7, 11) is 1.98. The van der Waals surface area contributed by atoms with Crippen LogP contribution in [0.4, 0.5) is 4.39 Å². The molecule has 0 radical (unpaired) electrons. The van der Waals surface area contributed by atoms with Crippen LogP contribution in [-0.4, -0.2) is 40.6 Å². The van der Waals surface area contributed by atoms with Gasteiger partial charge in [-0.15, -0.1) is 0 Å². The van der Waals surface area contributed by atoms with Gasteiger partial charge < -0.3 is 22.5 Å². The predicted molar refractivity (Wildman–Crippen MR) is 112 cm³/mol. The maximum absolute atomic E-state index is 13.4. The van der Waals surface area contributed by atoms with E-state index in [1.807, 2.05) is 7.05 Å². The highest BCUT2D eigenvalue weighted by Gasteiger charge is 2.26. The summed E-state index contributed by atoms with van der Waals surface area (Å²) in [4.78, 5) is 23.6. The molecule has 30 heavy (non-hydrogen) atoms. The van der Waals surface area contributed by atoms with Crippen molar-refractivity contribution < 1.29 is 14.0 Å². The van der Waals surface area contributed by atoms with Gasteiger partial charge in [0, 0.05) is 24.4 Å². The van der Waals surface area contributed by atoms with Crippen LogP contribution in [0.5, 0.6) is 0 Å². The third-order valence-electron chi connectivity index (χ3n) is 4.27. The van der Waals surface area contributed by atoms with Gasteiger partial charge in [-0.05, 0) is 38.3 Å². The van der Waals surface area contributed by atoms with E-state index in [4.69, 9.17) is 17.2 Å². The number of nitrogens with one attached hydrogen (secondary N) is 1. The van der Waals surface area contributed by atoms with Crippen LogP contribution < -0.4 is 22.5 Å². The van der Waals surface area contributed by atoms with E-state index in [9.17, 15) is 14.0 Å². The van der Waals surface area contributed by atoms with Gasteiger partial charge in [0.25, 0.3) is 5.91 Å². The number of nitrogens with zero attached hydrogens (tertiary/aromatic N) is 3. The Kier molecular flexibility index (Phi) is 7.70. The molecule has 160 valence electrons. The zero-order valence-corrected chi connectivity index (χ0v) is 16.9. The molecular formula is C20H26FN7O2. The van der Waals surface area contributed by atoms with Crippen molar-refractivity contribution in [2.24, 2.45) is 17.2 Å². The zero-order valence-electron chi connectivity index (χ0n) is 16.9. The van der Waals surface area contributed by atoms with Crippen molar-refractivity contribution in [2.75, 3.05) is 13.6 Å². The van der Waals surface area contributed by atoms with Crippen molar-refractivity contribution in [3.8, 4) is 11.3 Å². The summed E-state index contributed by atoms with van der Waals surface area (Å²) in [5.74, 6) is -0.610. The lowest BCUT2D eigenvalue weighted by molar-refractivity contribution is -0.108. The maximum atomic E-state index is 13.4. The molecule has 1 aliphatic rings. The molecule has 1 aliphatic heterocycles. The average molecular weight is 415 g/mol. The van der Waals surface area contributed by atoms with Gasteiger partial charge in [-0.1, -0.05) is 12.1 Å². The van der Waals surface area contributed by atoms with Crippen molar-refractivity contribution in [3.05, 3.63) is 65.0 Å². The van der Waals surface area contributed by atoms with Gasteiger partial charge in [-0.25, -0.2) is 4.39 Å². The highest BCUT2D eigenvalue weighted by atomic mass is 19.1. The van der Waals surface area contributed by atoms with Crippen molar-refractivity contribution >= 4 is 12.3 Å². The molecule has 0 aliphatic carbocycles. The van der Waals surface area contributed by atoms with Crippen molar-refractivity contribution in [1.29, 1.82) is 0 Å². The summed E-state index contributed by atoms with van der Waals surface area (Å²) in [6.45, 7) is 3.89. The largest absolute Gasteiger partial charge is 0.402 e. The molecule has 0 fully saturated rings. The fourth-order valence-electron chi connectivity index (χ4n) is 2.88. The summed E-state index contributed by atoms with van der Waals surface area (Å²) in [6, 6.07) is 6.05. The van der Waals surface area contributed by atoms with E-state index in [0.29, 0.717) is 42.0 Å². The maximum Gasteiger partial charge on any atom is 0.252 e. The number of carbonyl (C=O) groups excluding carboxylic acids is 2. The Morgan fingerprint density at radius 1 is 1.23 bits per heavy atom. The van der Waals surface area contributed by atoms with E-state index in [2.05, 4.69) is 15.3 Å². The van der Waals surface area contributed by atoms with Crippen LogP contribution in [0.25, 0.3) is 11.3 Å². The van der Waals surface area contributed by atoms with E-state index < -0.39 is 5.91 Å². The minimum Gasteiger partial charge on any atom is -0.402 e. The highest BCUT2D eigenvalue weighted by Crippen LogP contribution is 2.28. The fraction of sp³-hybridized carbons (Fsp3) is 0.250. The first-order chi connectivity index (χ1) is 14.2. The van der Waals surface area contributed by atoms with Crippen molar-refractivity contribution in [3.63, 3.8) is 0 Å². The monoisotopic (exact) mass is 415 g/mol. The number of rotatable bonds is 5. The van der Waals surface area contributed by atoms with Crippen LogP contribution in [0.1, 0.15) is 23.0 Å². The summed E-state index contributed by atoms with van der Waals surface area (Å²) in [5, 5.41) is 6.70. The number of fused-ring (bicyclic) bond motifs is 1. The second-order valence-electron chi connectivity index (χ2n) is 6.80. The van der Waals surface area contributed by atoms with Crippen LogP contribution in [-0.2, 0) is 17.9 Å². The molecule has 1 aromatic heterocycles. The third-order valence-corrected chi connectivity index (χ3v) is 4.27. The Bertz CT molecular complexity index is 978. The van der Waals surface area contributed by atoms with Gasteiger partial charge >= 0.3 is 0 Å². The van der Waals surface area contributed by atoms with Gasteiger partial charge in [-0.3, -0.25) is 19.2 Å². The van der Waals surface area contributed by atoms with Crippen LogP contribution in [0.15, 0.2) is 47.9 Å². The van der Waals surface area contributed by atoms with E-state index in [0.717, 1.165) is 12.2 Å². The van der Waals surface area contributed by atoms with Crippen LogP contribution in [0, 0.1) is 5.82 Å². The Morgan fingerprint density at radius 3 is 2.57 bits per heavy atom. The Labute approximate surface area is 174 Å². The number of carbonyl (C=O) groups is 2. The van der Waals surface area contributed by atoms with E-state index in [-0.39, 0.29) is 11.6 Å². The first-order valence-corrected chi connectivity index (χ1v) is 9.16. The van der Waals surface area contributed by atoms with Crippen molar-refractivity contribution in [1.82, 2.24) is 20.0 Å². The SMILES string of the molecule is C/C(N)=C/C=C(\N)NC=O.CN1CCn2nc(-c3cccc(F)c3)c(C(N)=O)c2C1.